The van der Waals surface area contributed by atoms with E-state index >= 15 is 0 Å². The van der Waals surface area contributed by atoms with Gasteiger partial charge >= 0.3 is 0 Å². The molecule has 0 saturated heterocycles. The third-order valence-corrected chi connectivity index (χ3v) is 7.26. The Kier molecular flexibility index (Phi) is 11.5. The van der Waals surface area contributed by atoms with E-state index in [1.54, 1.807) is 38.6 Å². The monoisotopic (exact) mass is 518 g/mol. The molecule has 4 N–H and O–H groups in total. The zero-order valence-electron chi connectivity index (χ0n) is 20.2. The van der Waals surface area contributed by atoms with Crippen LogP contribution in [0.25, 0.3) is 0 Å². The van der Waals surface area contributed by atoms with Crippen molar-refractivity contribution in [3.63, 3.8) is 0 Å². The average molecular weight is 519 g/mol. The largest absolute Gasteiger partial charge is 0.369 e. The SMILES string of the molecule is CCO[C@@H](c1ncc(C)cn1)[C@@H](C)S(N)(=O)=O.CCO[C@H](c1ncc(C)cn1)[C@H](C)S(N)(=O)=O. The Morgan fingerprint density at radius 3 is 1.18 bits per heavy atom. The predicted molar refractivity (Wildman–Crippen MR) is 127 cm³/mol. The minimum Gasteiger partial charge on any atom is -0.369 e. The summed E-state index contributed by atoms with van der Waals surface area (Å²) >= 11 is 0. The standard InChI is InChI=1S/2C10H17N3O3S/c2*1-4-16-9(8(3)17(11,14)15)10-12-5-7(2)6-13-10/h2*5-6,8-9H,4H2,1-3H3,(H2,11,14,15)/t2*8-,9-/m10/s1. The summed E-state index contributed by atoms with van der Waals surface area (Å²) in [7, 11) is -7.38. The zero-order chi connectivity index (χ0) is 26.1. The maximum Gasteiger partial charge on any atom is 0.214 e. The van der Waals surface area contributed by atoms with Crippen molar-refractivity contribution in [3.8, 4) is 0 Å². The van der Waals surface area contributed by atoms with Gasteiger partial charge in [0.2, 0.25) is 20.0 Å². The van der Waals surface area contributed by atoms with E-state index in [4.69, 9.17) is 19.8 Å². The van der Waals surface area contributed by atoms with Gasteiger partial charge in [-0.25, -0.2) is 47.0 Å². The summed E-state index contributed by atoms with van der Waals surface area (Å²) in [6.07, 6.45) is 4.98. The predicted octanol–water partition coefficient (Wildman–Crippen LogP) is 1.08. The number of primary sulfonamides is 2. The molecule has 0 radical (unpaired) electrons. The van der Waals surface area contributed by atoms with E-state index in [-0.39, 0.29) is 0 Å². The molecule has 34 heavy (non-hydrogen) atoms. The molecule has 2 rings (SSSR count). The van der Waals surface area contributed by atoms with E-state index in [0.29, 0.717) is 24.9 Å². The topological polar surface area (TPSA) is 190 Å². The van der Waals surface area contributed by atoms with Crippen LogP contribution in [0.15, 0.2) is 24.8 Å². The molecule has 0 aliphatic carbocycles. The fourth-order valence-corrected chi connectivity index (χ4v) is 3.73. The van der Waals surface area contributed by atoms with E-state index in [2.05, 4.69) is 19.9 Å². The van der Waals surface area contributed by atoms with E-state index in [9.17, 15) is 16.8 Å². The number of ether oxygens (including phenoxy) is 2. The lowest BCUT2D eigenvalue weighted by molar-refractivity contribution is 0.0555. The Labute approximate surface area is 201 Å². The van der Waals surface area contributed by atoms with Crippen LogP contribution in [0.4, 0.5) is 0 Å². The second-order valence-electron chi connectivity index (χ2n) is 7.58. The van der Waals surface area contributed by atoms with E-state index in [0.717, 1.165) is 11.1 Å². The molecule has 0 bridgehead atoms. The van der Waals surface area contributed by atoms with Gasteiger partial charge in [0, 0.05) is 38.0 Å². The van der Waals surface area contributed by atoms with Crippen LogP contribution in [0.1, 0.15) is 62.7 Å². The van der Waals surface area contributed by atoms with Gasteiger partial charge in [-0.3, -0.25) is 0 Å². The normalized spacial score (nSPS) is 15.5. The molecule has 2 aromatic rings. The number of rotatable bonds is 10. The van der Waals surface area contributed by atoms with Gasteiger partial charge in [0.25, 0.3) is 0 Å². The van der Waals surface area contributed by atoms with Crippen LogP contribution in [0, 0.1) is 13.8 Å². The Morgan fingerprint density at radius 2 is 0.971 bits per heavy atom. The van der Waals surface area contributed by atoms with Gasteiger partial charge in [-0.15, -0.1) is 0 Å². The quantitative estimate of drug-likeness (QED) is 0.460. The van der Waals surface area contributed by atoms with Gasteiger partial charge in [-0.2, -0.15) is 0 Å². The average Bonchev–Trinajstić information content (AvgIpc) is 2.75. The van der Waals surface area contributed by atoms with Gasteiger partial charge in [0.1, 0.15) is 22.7 Å². The molecule has 12 nitrogen and oxygen atoms in total. The number of aromatic nitrogens is 4. The fourth-order valence-electron chi connectivity index (χ4n) is 2.64. The summed E-state index contributed by atoms with van der Waals surface area (Å²) in [6, 6.07) is 0. The molecule has 0 aromatic carbocycles. The Balaban J connectivity index is 0.000000340. The first-order valence-corrected chi connectivity index (χ1v) is 13.8. The molecule has 0 aliphatic heterocycles. The minimum absolute atomic E-state index is 0.332. The second-order valence-corrected chi connectivity index (χ2v) is 11.4. The summed E-state index contributed by atoms with van der Waals surface area (Å²) < 4.78 is 56.1. The third-order valence-electron chi connectivity index (χ3n) is 4.69. The molecule has 0 fully saturated rings. The van der Waals surface area contributed by atoms with Gasteiger partial charge < -0.3 is 9.47 Å². The summed E-state index contributed by atoms with van der Waals surface area (Å²) in [5.74, 6) is 0.665. The number of sulfonamides is 2. The van der Waals surface area contributed by atoms with Crippen LogP contribution in [-0.2, 0) is 29.5 Å². The summed E-state index contributed by atoms with van der Waals surface area (Å²) in [6.45, 7) is 10.9. The molecule has 14 heteroatoms. The zero-order valence-corrected chi connectivity index (χ0v) is 21.9. The first kappa shape index (κ1) is 29.9. The highest BCUT2D eigenvalue weighted by Gasteiger charge is 2.31. The van der Waals surface area contributed by atoms with Crippen molar-refractivity contribution in [3.05, 3.63) is 47.6 Å². The smallest absolute Gasteiger partial charge is 0.214 e. The lowest BCUT2D eigenvalue weighted by atomic mass is 10.2. The lowest BCUT2D eigenvalue weighted by Gasteiger charge is -2.20. The van der Waals surface area contributed by atoms with Gasteiger partial charge in [-0.05, 0) is 52.7 Å². The number of hydrogen-bond acceptors (Lipinski definition) is 10. The van der Waals surface area contributed by atoms with Gasteiger partial charge in [-0.1, -0.05) is 0 Å². The third kappa shape index (κ3) is 9.27. The molecule has 2 heterocycles. The summed E-state index contributed by atoms with van der Waals surface area (Å²) in [4.78, 5) is 16.3. The highest BCUT2D eigenvalue weighted by molar-refractivity contribution is 7.90. The maximum absolute atomic E-state index is 11.3. The minimum atomic E-state index is -3.69. The van der Waals surface area contributed by atoms with Crippen molar-refractivity contribution in [2.24, 2.45) is 10.3 Å². The number of hydrogen-bond donors (Lipinski definition) is 2. The molecule has 0 spiro atoms. The molecule has 0 saturated carbocycles. The van der Waals surface area contributed by atoms with E-state index in [1.165, 1.54) is 13.8 Å². The highest BCUT2D eigenvalue weighted by atomic mass is 32.2. The fraction of sp³-hybridized carbons (Fsp3) is 0.600. The molecular formula is C20H34N6O6S2. The molecule has 4 atom stereocenters. The van der Waals surface area contributed by atoms with Crippen molar-refractivity contribution < 1.29 is 26.3 Å². The molecule has 0 unspecified atom stereocenters. The van der Waals surface area contributed by atoms with Crippen LogP contribution in [-0.4, -0.2) is 60.5 Å². The highest BCUT2D eigenvalue weighted by Crippen LogP contribution is 2.22. The van der Waals surface area contributed by atoms with Crippen LogP contribution in [0.3, 0.4) is 0 Å². The molecule has 192 valence electrons. The molecule has 0 aliphatic rings. The maximum atomic E-state index is 11.3. The molecule has 2 aromatic heterocycles. The van der Waals surface area contributed by atoms with E-state index in [1.807, 2.05) is 13.8 Å². The first-order chi connectivity index (χ1) is 15.7. The van der Waals surface area contributed by atoms with Crippen molar-refractivity contribution in [1.29, 1.82) is 0 Å². The van der Waals surface area contributed by atoms with Gasteiger partial charge in [0.05, 0.1) is 0 Å². The van der Waals surface area contributed by atoms with Crippen molar-refractivity contribution >= 4 is 20.0 Å². The Morgan fingerprint density at radius 1 is 0.706 bits per heavy atom. The van der Waals surface area contributed by atoms with Crippen molar-refractivity contribution in [2.75, 3.05) is 13.2 Å². The van der Waals surface area contributed by atoms with Crippen LogP contribution in [0.2, 0.25) is 0 Å². The van der Waals surface area contributed by atoms with Crippen LogP contribution < -0.4 is 10.3 Å². The lowest BCUT2D eigenvalue weighted by Crippen LogP contribution is -2.33. The number of nitrogens with zero attached hydrogens (tertiary/aromatic N) is 4. The second kappa shape index (κ2) is 13.1. The van der Waals surface area contributed by atoms with Crippen molar-refractivity contribution in [1.82, 2.24) is 19.9 Å². The first-order valence-electron chi connectivity index (χ1n) is 10.6. The van der Waals surface area contributed by atoms with Crippen molar-refractivity contribution in [2.45, 2.75) is 64.3 Å². The molecule has 0 amide bonds. The number of nitrogens with two attached hydrogens (primary N) is 2. The van der Waals surface area contributed by atoms with Crippen LogP contribution in [0.5, 0.6) is 0 Å². The number of aryl methyl sites for hydroxylation is 2. The van der Waals surface area contributed by atoms with Gasteiger partial charge in [0.15, 0.2) is 11.6 Å². The van der Waals surface area contributed by atoms with Crippen LogP contribution >= 0.6 is 0 Å². The Bertz CT molecular complexity index is 1010. The summed E-state index contributed by atoms with van der Waals surface area (Å²) in [5, 5.41) is 8.46. The Hall–Kier alpha value is -2.10. The molecular weight excluding hydrogens is 484 g/mol. The summed E-state index contributed by atoms with van der Waals surface area (Å²) in [5.41, 5.74) is 1.79. The van der Waals surface area contributed by atoms with E-state index < -0.39 is 42.8 Å².